The maximum atomic E-state index is 14.0. The lowest BCUT2D eigenvalue weighted by molar-refractivity contribution is -0.137. The first kappa shape index (κ1) is 36.2. The van der Waals surface area contributed by atoms with Crippen molar-refractivity contribution in [1.29, 1.82) is 0 Å². The number of amides is 1. The number of aromatic nitrogens is 2. The van der Waals surface area contributed by atoms with Crippen molar-refractivity contribution < 1.29 is 27.5 Å². The number of carbonyl (C=O) groups is 2. The summed E-state index contributed by atoms with van der Waals surface area (Å²) in [5.74, 6) is 0.101. The molecule has 47 heavy (non-hydrogen) atoms. The van der Waals surface area contributed by atoms with Gasteiger partial charge in [0, 0.05) is 48.0 Å². The lowest BCUT2D eigenvalue weighted by Crippen LogP contribution is -2.42. The number of halogens is 2. The fourth-order valence-electron chi connectivity index (χ4n) is 5.00. The highest BCUT2D eigenvalue weighted by Gasteiger charge is 2.36. The van der Waals surface area contributed by atoms with Crippen LogP contribution < -0.4 is 14.1 Å². The Morgan fingerprint density at radius 1 is 1.15 bits per heavy atom. The second kappa shape index (κ2) is 14.6. The smallest absolute Gasteiger partial charge is 0.416 e. The number of likely N-dealkylation sites (N-methyl/N-ethyl adjacent to an activating group) is 1. The summed E-state index contributed by atoms with van der Waals surface area (Å²) in [5, 5.41) is -0.612. The molecule has 1 aromatic carbocycles. The van der Waals surface area contributed by atoms with Gasteiger partial charge in [-0.15, -0.1) is 0 Å². The Morgan fingerprint density at radius 2 is 1.87 bits per heavy atom. The number of carbonyl (C=O) groups excluding carboxylic acids is 2. The lowest BCUT2D eigenvalue weighted by Gasteiger charge is -2.29. The van der Waals surface area contributed by atoms with Crippen LogP contribution in [0.2, 0.25) is 0 Å². The maximum absolute atomic E-state index is 14.0. The normalized spacial score (nSPS) is 16.3. The highest BCUT2D eigenvalue weighted by molar-refractivity contribution is 7.93. The molecule has 2 aromatic rings. The fourth-order valence-corrected chi connectivity index (χ4v) is 7.52. The first-order chi connectivity index (χ1) is 21.9. The number of rotatable bonds is 11. The topological polar surface area (TPSA) is 125 Å². The molecule has 1 atom stereocenters. The molecule has 2 heterocycles. The fraction of sp³-hybridized carbons (Fsp3) is 0.438. The summed E-state index contributed by atoms with van der Waals surface area (Å²) < 4.78 is 39.7. The number of esters is 1. The zero-order chi connectivity index (χ0) is 34.7. The van der Waals surface area contributed by atoms with E-state index in [1.165, 1.54) is 24.0 Å². The lowest BCUT2D eigenvalue weighted by atomic mass is 10.1. The van der Waals surface area contributed by atoms with Crippen LogP contribution in [-0.4, -0.2) is 86.5 Å². The summed E-state index contributed by atoms with van der Waals surface area (Å²) in [6.45, 7) is 11.3. The van der Waals surface area contributed by atoms with E-state index in [2.05, 4.69) is 11.6 Å². The number of nitrogens with zero attached hydrogens (tertiary/aromatic N) is 6. The number of anilines is 4. The molecule has 4 rings (SSSR count). The van der Waals surface area contributed by atoms with Crippen LogP contribution in [0.5, 0.6) is 0 Å². The van der Waals surface area contributed by atoms with E-state index in [4.69, 9.17) is 37.7 Å². The average molecular weight is 708 g/mol. The number of fused-ring (bicyclic) bond motifs is 1. The van der Waals surface area contributed by atoms with Gasteiger partial charge in [-0.2, -0.15) is 4.98 Å². The van der Waals surface area contributed by atoms with Gasteiger partial charge in [-0.25, -0.2) is 23.0 Å². The standard InChI is InChI=1S/C32H40Cl2N6O6S/c1-21(2)45-29(41)20-40(47(43,44)26-18-23(33)17-24(34)19-26)25-8-9-27-22(16-25)11-13-38(27)30-35-12-10-28(36-30)39(15-14-37(6)7)31(42)46-32(3,4)5/h8-10,12,16-18,26H,1,11,13-15,19-20H2,2-7H3. The molecule has 1 aliphatic heterocycles. The Hall–Kier alpha value is -3.65. The largest absolute Gasteiger partial charge is 0.443 e. The van der Waals surface area contributed by atoms with Gasteiger partial charge in [0.25, 0.3) is 0 Å². The second-order valence-corrected chi connectivity index (χ2v) is 15.5. The highest BCUT2D eigenvalue weighted by Crippen LogP contribution is 2.38. The van der Waals surface area contributed by atoms with Gasteiger partial charge in [-0.1, -0.05) is 29.8 Å². The predicted molar refractivity (Wildman–Crippen MR) is 185 cm³/mol. The molecule has 0 bridgehead atoms. The molecule has 0 radical (unpaired) electrons. The summed E-state index contributed by atoms with van der Waals surface area (Å²) in [5.41, 5.74) is 1.15. The highest BCUT2D eigenvalue weighted by atomic mass is 35.5. The molecule has 15 heteroatoms. The van der Waals surface area contributed by atoms with Crippen molar-refractivity contribution >= 4 is 68.4 Å². The van der Waals surface area contributed by atoms with Gasteiger partial charge >= 0.3 is 12.1 Å². The van der Waals surface area contributed by atoms with Crippen molar-refractivity contribution in [2.75, 3.05) is 54.4 Å². The quantitative estimate of drug-likeness (QED) is 0.212. The van der Waals surface area contributed by atoms with Crippen molar-refractivity contribution in [3.63, 3.8) is 0 Å². The van der Waals surface area contributed by atoms with E-state index in [1.54, 1.807) is 51.2 Å². The minimum Gasteiger partial charge on any atom is -0.443 e. The van der Waals surface area contributed by atoms with Crippen LogP contribution in [0.25, 0.3) is 0 Å². The van der Waals surface area contributed by atoms with Crippen LogP contribution in [0.1, 0.15) is 39.7 Å². The Bertz CT molecular complexity index is 1710. The molecule has 1 unspecified atom stereocenters. The zero-order valence-electron chi connectivity index (χ0n) is 27.4. The molecule has 2 aliphatic rings. The van der Waals surface area contributed by atoms with Crippen LogP contribution in [0, 0.1) is 0 Å². The van der Waals surface area contributed by atoms with Crippen molar-refractivity contribution in [2.24, 2.45) is 0 Å². The SMILES string of the molecule is C=C(C)OC(=O)CN(c1ccc2c(c1)CCN2c1nccc(N(CCN(C)C)C(=O)OC(C)(C)C)n1)S(=O)(=O)C1C=C(Cl)C=C(Cl)C1. The van der Waals surface area contributed by atoms with Gasteiger partial charge in [0.1, 0.15) is 23.2 Å². The molecule has 12 nitrogen and oxygen atoms in total. The number of hydrogen-bond acceptors (Lipinski definition) is 10. The summed E-state index contributed by atoms with van der Waals surface area (Å²) >= 11 is 12.4. The number of sulfonamides is 1. The summed E-state index contributed by atoms with van der Waals surface area (Å²) in [6.07, 6.45) is 4.51. The Labute approximate surface area is 286 Å². The van der Waals surface area contributed by atoms with Gasteiger partial charge in [0.15, 0.2) is 0 Å². The van der Waals surface area contributed by atoms with E-state index < -0.39 is 39.5 Å². The summed E-state index contributed by atoms with van der Waals surface area (Å²) in [4.78, 5) is 40.4. The molecule has 0 fully saturated rings. The molecule has 0 saturated carbocycles. The van der Waals surface area contributed by atoms with Gasteiger partial charge < -0.3 is 19.3 Å². The van der Waals surface area contributed by atoms with Gasteiger partial charge in [-0.05, 0) is 90.2 Å². The third kappa shape index (κ3) is 9.25. The number of hydrogen-bond donors (Lipinski definition) is 0. The second-order valence-electron chi connectivity index (χ2n) is 12.5. The van der Waals surface area contributed by atoms with Crippen molar-refractivity contribution in [1.82, 2.24) is 14.9 Å². The van der Waals surface area contributed by atoms with E-state index >= 15 is 0 Å². The first-order valence-electron chi connectivity index (χ1n) is 14.9. The third-order valence-corrected chi connectivity index (χ3v) is 9.58. The number of allylic oxidation sites excluding steroid dienone is 4. The molecular weight excluding hydrogens is 667 g/mol. The molecule has 1 aromatic heterocycles. The van der Waals surface area contributed by atoms with Crippen molar-refractivity contribution in [3.8, 4) is 0 Å². The monoisotopic (exact) mass is 706 g/mol. The molecule has 1 amide bonds. The van der Waals surface area contributed by atoms with Crippen LogP contribution in [0.15, 0.2) is 65.0 Å². The third-order valence-electron chi connectivity index (χ3n) is 7.06. The van der Waals surface area contributed by atoms with Gasteiger partial charge in [0.05, 0.1) is 11.4 Å². The maximum Gasteiger partial charge on any atom is 0.416 e. The van der Waals surface area contributed by atoms with E-state index in [1.807, 2.05) is 23.9 Å². The van der Waals surface area contributed by atoms with Crippen LogP contribution in [0.3, 0.4) is 0 Å². The van der Waals surface area contributed by atoms with Crippen LogP contribution in [-0.2, 0) is 30.7 Å². The number of ether oxygens (including phenoxy) is 2. The summed E-state index contributed by atoms with van der Waals surface area (Å²) in [7, 11) is -0.352. The van der Waals surface area contributed by atoms with E-state index in [0.717, 1.165) is 15.6 Å². The summed E-state index contributed by atoms with van der Waals surface area (Å²) in [6, 6.07) is 6.75. The minimum absolute atomic E-state index is 0.00734. The van der Waals surface area contributed by atoms with E-state index in [0.29, 0.717) is 37.8 Å². The zero-order valence-corrected chi connectivity index (χ0v) is 29.7. The Morgan fingerprint density at radius 3 is 2.51 bits per heavy atom. The van der Waals surface area contributed by atoms with Gasteiger partial charge in [-0.3, -0.25) is 9.21 Å². The molecule has 0 spiro atoms. The van der Waals surface area contributed by atoms with Crippen molar-refractivity contribution in [2.45, 2.75) is 51.4 Å². The minimum atomic E-state index is -4.18. The average Bonchev–Trinajstić information content (AvgIpc) is 3.37. The molecule has 1 aliphatic carbocycles. The van der Waals surface area contributed by atoms with Crippen molar-refractivity contribution in [3.05, 3.63) is 70.6 Å². The van der Waals surface area contributed by atoms with Crippen LogP contribution >= 0.6 is 23.2 Å². The van der Waals surface area contributed by atoms with Gasteiger partial charge in [0.2, 0.25) is 16.0 Å². The molecular formula is C32H40Cl2N6O6S. The van der Waals surface area contributed by atoms with E-state index in [9.17, 15) is 18.0 Å². The molecule has 254 valence electrons. The Kier molecular flexibility index (Phi) is 11.3. The molecule has 0 N–H and O–H groups in total. The predicted octanol–water partition coefficient (Wildman–Crippen LogP) is 5.70. The van der Waals surface area contributed by atoms with Crippen LogP contribution in [0.4, 0.5) is 27.9 Å². The first-order valence-corrected chi connectivity index (χ1v) is 17.2. The Balaban J connectivity index is 1.67. The molecule has 0 saturated heterocycles. The van der Waals surface area contributed by atoms with E-state index in [-0.39, 0.29) is 27.9 Å². The number of benzene rings is 1.